The monoisotopic (exact) mass is 507 g/mol. The molecule has 2 fully saturated rings. The second-order valence-corrected chi connectivity index (χ2v) is 11.7. The summed E-state index contributed by atoms with van der Waals surface area (Å²) in [6.07, 6.45) is 2.02. The fraction of sp³-hybridized carbons (Fsp3) is 0.500. The van der Waals surface area contributed by atoms with E-state index in [1.165, 1.54) is 12.1 Å². The standard InChI is InChI=1S/C24H26ClNO7S/c1-13(2)33-24(28)18-7-15-12-34(29,30)21-9-20(32-11-14-5-6-31-10-14)19(25)8-17(21)22(15)26(23(18)27)16-3-4-16/h7-9,13-14,16H,3-6,10-12H2,1-2H3/t14-/m1/s1. The van der Waals surface area contributed by atoms with E-state index in [-0.39, 0.29) is 38.9 Å². The summed E-state index contributed by atoms with van der Waals surface area (Å²) in [7, 11) is -3.76. The maximum Gasteiger partial charge on any atom is 0.344 e. The molecule has 0 unspecified atom stereocenters. The first-order chi connectivity index (χ1) is 16.2. The Labute approximate surface area is 202 Å². The van der Waals surface area contributed by atoms with Gasteiger partial charge in [0.05, 0.1) is 40.7 Å². The zero-order valence-corrected chi connectivity index (χ0v) is 20.6. The highest BCUT2D eigenvalue weighted by Crippen LogP contribution is 2.46. The van der Waals surface area contributed by atoms with Crippen molar-refractivity contribution >= 4 is 27.4 Å². The van der Waals surface area contributed by atoms with Crippen LogP contribution >= 0.6 is 11.6 Å². The second kappa shape index (κ2) is 8.70. The second-order valence-electron chi connectivity index (χ2n) is 9.37. The van der Waals surface area contributed by atoms with Crippen LogP contribution in [-0.4, -0.2) is 44.9 Å². The average molecular weight is 508 g/mol. The van der Waals surface area contributed by atoms with Crippen LogP contribution in [0.25, 0.3) is 11.3 Å². The summed E-state index contributed by atoms with van der Waals surface area (Å²) >= 11 is 6.52. The van der Waals surface area contributed by atoms with Crippen LogP contribution < -0.4 is 10.3 Å². The zero-order valence-electron chi connectivity index (χ0n) is 19.0. The van der Waals surface area contributed by atoms with Crippen molar-refractivity contribution in [3.05, 3.63) is 44.7 Å². The minimum absolute atomic E-state index is 0.0772. The molecule has 0 amide bonds. The number of fused-ring (bicyclic) bond motifs is 3. The van der Waals surface area contributed by atoms with E-state index in [2.05, 4.69) is 0 Å². The summed E-state index contributed by atoms with van der Waals surface area (Å²) < 4.78 is 44.6. The van der Waals surface area contributed by atoms with Gasteiger partial charge in [-0.3, -0.25) is 4.79 Å². The molecule has 8 nitrogen and oxygen atoms in total. The van der Waals surface area contributed by atoms with Crippen LogP contribution in [0, 0.1) is 5.92 Å². The van der Waals surface area contributed by atoms with Crippen LogP contribution in [0.3, 0.4) is 0 Å². The molecule has 2 aromatic rings. The van der Waals surface area contributed by atoms with Gasteiger partial charge >= 0.3 is 5.97 Å². The molecule has 1 atom stereocenters. The fourth-order valence-corrected chi connectivity index (χ4v) is 6.28. The van der Waals surface area contributed by atoms with Gasteiger partial charge in [-0.2, -0.15) is 0 Å². The Morgan fingerprint density at radius 1 is 1.24 bits per heavy atom. The Balaban J connectivity index is 1.63. The molecule has 0 bridgehead atoms. The molecular formula is C24H26ClNO7S. The molecule has 1 saturated heterocycles. The van der Waals surface area contributed by atoms with Crippen molar-refractivity contribution < 1.29 is 27.4 Å². The molecule has 5 rings (SSSR count). The number of benzene rings is 1. The molecule has 182 valence electrons. The third-order valence-corrected chi connectivity index (χ3v) is 8.25. The summed E-state index contributed by atoms with van der Waals surface area (Å²) in [6.45, 7) is 5.05. The number of carbonyl (C=O) groups is 1. The van der Waals surface area contributed by atoms with Gasteiger partial charge < -0.3 is 18.8 Å². The van der Waals surface area contributed by atoms with Crippen molar-refractivity contribution in [1.29, 1.82) is 0 Å². The minimum atomic E-state index is -3.76. The van der Waals surface area contributed by atoms with Gasteiger partial charge in [-0.15, -0.1) is 0 Å². The highest BCUT2D eigenvalue weighted by atomic mass is 35.5. The van der Waals surface area contributed by atoms with Crippen LogP contribution in [0.1, 0.15) is 55.1 Å². The van der Waals surface area contributed by atoms with Gasteiger partial charge in [-0.1, -0.05) is 11.6 Å². The summed E-state index contributed by atoms with van der Waals surface area (Å²) in [5.41, 5.74) is 0.617. The number of esters is 1. The number of rotatable bonds is 6. The van der Waals surface area contributed by atoms with Gasteiger partial charge in [-0.05, 0) is 50.8 Å². The predicted octanol–water partition coefficient (Wildman–Crippen LogP) is 3.77. The van der Waals surface area contributed by atoms with Gasteiger partial charge in [0.2, 0.25) is 0 Å². The number of hydrogen-bond donors (Lipinski definition) is 0. The lowest BCUT2D eigenvalue weighted by atomic mass is 10.0. The molecule has 1 aliphatic carbocycles. The molecule has 3 aliphatic rings. The summed E-state index contributed by atoms with van der Waals surface area (Å²) in [6, 6.07) is 4.27. The summed E-state index contributed by atoms with van der Waals surface area (Å²) in [5, 5.41) is 0.263. The van der Waals surface area contributed by atoms with Gasteiger partial charge in [0.1, 0.15) is 11.3 Å². The largest absolute Gasteiger partial charge is 0.492 e. The SMILES string of the molecule is CC(C)OC(=O)c1cc2c(n(C3CC3)c1=O)-c1cc(Cl)c(OC[C@@H]3CCOC3)cc1S(=O)(=O)C2. The Morgan fingerprint density at radius 3 is 2.65 bits per heavy atom. The van der Waals surface area contributed by atoms with Crippen molar-refractivity contribution in [3.63, 3.8) is 0 Å². The number of aromatic nitrogens is 1. The minimum Gasteiger partial charge on any atom is -0.492 e. The molecule has 0 spiro atoms. The molecule has 0 radical (unpaired) electrons. The number of nitrogens with zero attached hydrogens (tertiary/aromatic N) is 1. The molecule has 1 saturated carbocycles. The van der Waals surface area contributed by atoms with E-state index in [0.29, 0.717) is 36.6 Å². The first kappa shape index (κ1) is 23.4. The van der Waals surface area contributed by atoms with Crippen molar-refractivity contribution in [2.24, 2.45) is 5.92 Å². The lowest BCUT2D eigenvalue weighted by Gasteiger charge is -2.26. The van der Waals surface area contributed by atoms with E-state index < -0.39 is 27.5 Å². The Bertz CT molecular complexity index is 1320. The molecule has 0 N–H and O–H groups in total. The van der Waals surface area contributed by atoms with Crippen molar-refractivity contribution in [3.8, 4) is 17.0 Å². The highest BCUT2D eigenvalue weighted by Gasteiger charge is 2.38. The number of carbonyl (C=O) groups excluding carboxylic acids is 1. The molecule has 10 heteroatoms. The van der Waals surface area contributed by atoms with E-state index in [1.54, 1.807) is 24.5 Å². The average Bonchev–Trinajstić information content (AvgIpc) is 3.46. The van der Waals surface area contributed by atoms with Gasteiger partial charge in [-0.25, -0.2) is 13.2 Å². The third-order valence-electron chi connectivity index (χ3n) is 6.26. The van der Waals surface area contributed by atoms with Gasteiger partial charge in [0.15, 0.2) is 9.84 Å². The highest BCUT2D eigenvalue weighted by molar-refractivity contribution is 7.90. The normalized spacial score (nSPS) is 20.6. The maximum atomic E-state index is 13.4. The Morgan fingerprint density at radius 2 is 2.00 bits per heavy atom. The van der Waals surface area contributed by atoms with E-state index in [4.69, 9.17) is 25.8 Å². The number of pyridine rings is 1. The van der Waals surface area contributed by atoms with Crippen LogP contribution in [0.2, 0.25) is 5.02 Å². The Kier molecular flexibility index (Phi) is 5.98. The lowest BCUT2D eigenvalue weighted by Crippen LogP contribution is -2.32. The van der Waals surface area contributed by atoms with Gasteiger partial charge in [0, 0.05) is 30.2 Å². The smallest absolute Gasteiger partial charge is 0.344 e. The third kappa shape index (κ3) is 4.25. The number of halogens is 1. The van der Waals surface area contributed by atoms with E-state index in [9.17, 15) is 18.0 Å². The van der Waals surface area contributed by atoms with Gasteiger partial charge in [0.25, 0.3) is 5.56 Å². The first-order valence-electron chi connectivity index (χ1n) is 11.4. The quantitative estimate of drug-likeness (QED) is 0.548. The predicted molar refractivity (Wildman–Crippen MR) is 125 cm³/mol. The van der Waals surface area contributed by atoms with Crippen molar-refractivity contribution in [2.75, 3.05) is 19.8 Å². The molecule has 34 heavy (non-hydrogen) atoms. The molecular weight excluding hydrogens is 482 g/mol. The molecule has 3 heterocycles. The van der Waals surface area contributed by atoms with Crippen molar-refractivity contribution in [1.82, 2.24) is 4.57 Å². The van der Waals surface area contributed by atoms with Crippen LogP contribution in [-0.2, 0) is 25.1 Å². The van der Waals surface area contributed by atoms with E-state index >= 15 is 0 Å². The van der Waals surface area contributed by atoms with Crippen molar-refractivity contribution in [2.45, 2.75) is 55.9 Å². The van der Waals surface area contributed by atoms with Crippen LogP contribution in [0.4, 0.5) is 0 Å². The van der Waals surface area contributed by atoms with Crippen LogP contribution in [0.15, 0.2) is 27.9 Å². The van der Waals surface area contributed by atoms with E-state index in [1.807, 2.05) is 0 Å². The first-order valence-corrected chi connectivity index (χ1v) is 13.5. The summed E-state index contributed by atoms with van der Waals surface area (Å²) in [4.78, 5) is 26.1. The van der Waals surface area contributed by atoms with E-state index in [0.717, 1.165) is 19.3 Å². The van der Waals surface area contributed by atoms with Crippen LogP contribution in [0.5, 0.6) is 5.75 Å². The maximum absolute atomic E-state index is 13.4. The topological polar surface area (TPSA) is 101 Å². The summed E-state index contributed by atoms with van der Waals surface area (Å²) in [5.74, 6) is -0.565. The Hall–Kier alpha value is -2.36. The lowest BCUT2D eigenvalue weighted by molar-refractivity contribution is 0.0375. The molecule has 1 aromatic heterocycles. The molecule has 2 aliphatic heterocycles. The number of hydrogen-bond acceptors (Lipinski definition) is 7. The zero-order chi connectivity index (χ0) is 24.2. The fourth-order valence-electron chi connectivity index (χ4n) is 4.50. The number of ether oxygens (including phenoxy) is 3. The molecule has 1 aromatic carbocycles. The number of sulfone groups is 1.